The number of hydrogen-bond acceptors (Lipinski definition) is 6. The number of allylic oxidation sites excluding steroid dienone is 1. The van der Waals surface area contributed by atoms with Gasteiger partial charge in [0.2, 0.25) is 5.95 Å². The lowest BCUT2D eigenvalue weighted by molar-refractivity contribution is 0.263. The number of nitrogen functional groups attached to an aromatic ring is 1. The highest BCUT2D eigenvalue weighted by Gasteiger charge is 2.18. The fourth-order valence-electron chi connectivity index (χ4n) is 2.67. The zero-order chi connectivity index (χ0) is 15.7. The molecule has 0 amide bonds. The maximum absolute atomic E-state index is 6.08. The Morgan fingerprint density at radius 1 is 1.36 bits per heavy atom. The summed E-state index contributed by atoms with van der Waals surface area (Å²) in [7, 11) is 2.14. The molecule has 0 unspecified atom stereocenters. The van der Waals surface area contributed by atoms with Crippen molar-refractivity contribution in [2.24, 2.45) is 0 Å². The van der Waals surface area contributed by atoms with E-state index in [1.54, 1.807) is 6.20 Å². The van der Waals surface area contributed by atoms with Crippen LogP contribution in [0.3, 0.4) is 0 Å². The van der Waals surface area contributed by atoms with Crippen LogP contribution in [0.2, 0.25) is 0 Å². The molecule has 6 nitrogen and oxygen atoms in total. The summed E-state index contributed by atoms with van der Waals surface area (Å²) < 4.78 is 0. The summed E-state index contributed by atoms with van der Waals surface area (Å²) >= 11 is 0. The molecule has 1 saturated heterocycles. The largest absolute Gasteiger partial charge is 0.383 e. The number of nitrogens with zero attached hydrogens (tertiary/aromatic N) is 4. The van der Waals surface area contributed by atoms with Crippen LogP contribution in [0.4, 0.5) is 11.8 Å². The van der Waals surface area contributed by atoms with Crippen LogP contribution < -0.4 is 11.1 Å². The number of nitrogens with two attached hydrogens (primary N) is 1. The third-order valence-electron chi connectivity index (χ3n) is 4.13. The Balaban J connectivity index is 1.86. The number of fused-ring (bicyclic) bond motifs is 1. The Morgan fingerprint density at radius 2 is 2.09 bits per heavy atom. The van der Waals surface area contributed by atoms with Gasteiger partial charge in [-0.15, -0.1) is 0 Å². The van der Waals surface area contributed by atoms with Crippen LogP contribution in [-0.2, 0) is 0 Å². The van der Waals surface area contributed by atoms with Gasteiger partial charge in [-0.25, -0.2) is 4.98 Å². The van der Waals surface area contributed by atoms with Crippen molar-refractivity contribution < 1.29 is 0 Å². The molecule has 0 bridgehead atoms. The second kappa shape index (κ2) is 5.88. The predicted octanol–water partition coefficient (Wildman–Crippen LogP) is 2.15. The summed E-state index contributed by atoms with van der Waals surface area (Å²) in [4.78, 5) is 15.6. The number of rotatable bonds is 3. The average molecular weight is 298 g/mol. The lowest BCUT2D eigenvalue weighted by Crippen LogP contribution is -2.37. The van der Waals surface area contributed by atoms with Crippen LogP contribution in [-0.4, -0.2) is 46.0 Å². The molecule has 116 valence electrons. The molecule has 0 saturated carbocycles. The maximum Gasteiger partial charge on any atom is 0.226 e. The number of anilines is 2. The Kier molecular flexibility index (Phi) is 3.94. The van der Waals surface area contributed by atoms with E-state index < -0.39 is 0 Å². The van der Waals surface area contributed by atoms with Gasteiger partial charge < -0.3 is 16.0 Å². The molecule has 0 radical (unpaired) electrons. The van der Waals surface area contributed by atoms with Crippen molar-refractivity contribution in [3.63, 3.8) is 0 Å². The lowest BCUT2D eigenvalue weighted by Gasteiger charge is -2.29. The smallest absolute Gasteiger partial charge is 0.226 e. The molecule has 2 aromatic heterocycles. The van der Waals surface area contributed by atoms with Crippen LogP contribution >= 0.6 is 0 Å². The molecule has 0 atom stereocenters. The van der Waals surface area contributed by atoms with Gasteiger partial charge in [-0.05, 0) is 57.1 Å². The standard InChI is InChI=1S/C16H22N6/c1-10(2)11-8-13-14(17)20-16(21-15(13)18-9-11)19-12-4-6-22(3)7-5-12/h8-9,12H,1,4-7H2,2-3H3,(H3,17,18,19,20,21). The van der Waals surface area contributed by atoms with Gasteiger partial charge in [0.05, 0.1) is 5.39 Å². The predicted molar refractivity (Wildman–Crippen MR) is 90.6 cm³/mol. The summed E-state index contributed by atoms with van der Waals surface area (Å²) in [6.45, 7) is 8.03. The minimum atomic E-state index is 0.391. The Labute approximate surface area is 130 Å². The van der Waals surface area contributed by atoms with E-state index >= 15 is 0 Å². The first-order valence-electron chi connectivity index (χ1n) is 7.57. The van der Waals surface area contributed by atoms with Gasteiger partial charge in [-0.3, -0.25) is 0 Å². The maximum atomic E-state index is 6.08. The van der Waals surface area contributed by atoms with Crippen LogP contribution in [0.25, 0.3) is 16.6 Å². The molecule has 3 N–H and O–H groups in total. The van der Waals surface area contributed by atoms with E-state index in [1.807, 2.05) is 13.0 Å². The summed E-state index contributed by atoms with van der Waals surface area (Å²) in [5, 5.41) is 4.16. The van der Waals surface area contributed by atoms with E-state index in [4.69, 9.17) is 5.73 Å². The number of hydrogen-bond donors (Lipinski definition) is 2. The van der Waals surface area contributed by atoms with Crippen molar-refractivity contribution in [1.82, 2.24) is 19.9 Å². The minimum absolute atomic E-state index is 0.391. The number of piperidine rings is 1. The van der Waals surface area contributed by atoms with Crippen LogP contribution in [0.5, 0.6) is 0 Å². The molecule has 1 fully saturated rings. The molecule has 2 aromatic rings. The lowest BCUT2D eigenvalue weighted by atomic mass is 10.1. The zero-order valence-corrected chi connectivity index (χ0v) is 13.1. The normalized spacial score (nSPS) is 16.8. The first-order chi connectivity index (χ1) is 10.5. The van der Waals surface area contributed by atoms with Crippen molar-refractivity contribution in [2.75, 3.05) is 31.2 Å². The number of aromatic nitrogens is 3. The quantitative estimate of drug-likeness (QED) is 0.904. The summed E-state index contributed by atoms with van der Waals surface area (Å²) in [5.74, 6) is 1.02. The molecule has 3 heterocycles. The highest BCUT2D eigenvalue weighted by atomic mass is 15.2. The van der Waals surface area contributed by atoms with Crippen molar-refractivity contribution in [3.8, 4) is 0 Å². The zero-order valence-electron chi connectivity index (χ0n) is 13.1. The molecule has 22 heavy (non-hydrogen) atoms. The fourth-order valence-corrected chi connectivity index (χ4v) is 2.67. The topological polar surface area (TPSA) is 80.0 Å². The van der Waals surface area contributed by atoms with E-state index in [-0.39, 0.29) is 0 Å². The van der Waals surface area contributed by atoms with Gasteiger partial charge in [0.1, 0.15) is 5.82 Å². The summed E-state index contributed by atoms with van der Waals surface area (Å²) in [6, 6.07) is 2.34. The third-order valence-corrected chi connectivity index (χ3v) is 4.13. The Hall–Kier alpha value is -2.21. The van der Waals surface area contributed by atoms with Crippen LogP contribution in [0.15, 0.2) is 18.8 Å². The van der Waals surface area contributed by atoms with Gasteiger partial charge in [0.25, 0.3) is 0 Å². The Morgan fingerprint density at radius 3 is 2.77 bits per heavy atom. The fraction of sp³-hybridized carbons (Fsp3) is 0.438. The molecule has 6 heteroatoms. The first kappa shape index (κ1) is 14.7. The molecule has 1 aliphatic rings. The first-order valence-corrected chi connectivity index (χ1v) is 7.57. The van der Waals surface area contributed by atoms with E-state index in [0.717, 1.165) is 42.5 Å². The van der Waals surface area contributed by atoms with Crippen molar-refractivity contribution in [3.05, 3.63) is 24.4 Å². The van der Waals surface area contributed by atoms with E-state index in [1.165, 1.54) is 0 Å². The number of pyridine rings is 1. The second-order valence-corrected chi connectivity index (χ2v) is 6.03. The number of likely N-dealkylation sites (tertiary alicyclic amines) is 1. The molecule has 0 spiro atoms. The third kappa shape index (κ3) is 3.01. The molecular formula is C16H22N6. The molecular weight excluding hydrogens is 276 g/mol. The van der Waals surface area contributed by atoms with Crippen LogP contribution in [0, 0.1) is 0 Å². The highest BCUT2D eigenvalue weighted by molar-refractivity contribution is 5.88. The van der Waals surface area contributed by atoms with E-state index in [2.05, 4.69) is 38.8 Å². The summed E-state index contributed by atoms with van der Waals surface area (Å²) in [5.41, 5.74) is 8.61. The van der Waals surface area contributed by atoms with E-state index in [0.29, 0.717) is 23.5 Å². The van der Waals surface area contributed by atoms with Crippen LogP contribution in [0.1, 0.15) is 25.3 Å². The van der Waals surface area contributed by atoms with Crippen molar-refractivity contribution >= 4 is 28.4 Å². The van der Waals surface area contributed by atoms with Gasteiger partial charge in [0.15, 0.2) is 5.65 Å². The Bertz CT molecular complexity index is 703. The van der Waals surface area contributed by atoms with Gasteiger partial charge in [0, 0.05) is 12.2 Å². The van der Waals surface area contributed by atoms with Gasteiger partial charge in [-0.2, -0.15) is 9.97 Å². The van der Waals surface area contributed by atoms with E-state index in [9.17, 15) is 0 Å². The molecule has 0 aliphatic carbocycles. The average Bonchev–Trinajstić information content (AvgIpc) is 2.49. The minimum Gasteiger partial charge on any atom is -0.383 e. The molecule has 1 aliphatic heterocycles. The molecule has 3 rings (SSSR count). The SMILES string of the molecule is C=C(C)c1cnc2nc(NC3CCN(C)CC3)nc(N)c2c1. The molecule has 0 aromatic carbocycles. The summed E-state index contributed by atoms with van der Waals surface area (Å²) in [6.07, 6.45) is 3.94. The van der Waals surface area contributed by atoms with Crippen molar-refractivity contribution in [2.45, 2.75) is 25.8 Å². The highest BCUT2D eigenvalue weighted by Crippen LogP contribution is 2.23. The van der Waals surface area contributed by atoms with Gasteiger partial charge in [-0.1, -0.05) is 6.58 Å². The second-order valence-electron chi connectivity index (χ2n) is 6.03. The van der Waals surface area contributed by atoms with Gasteiger partial charge >= 0.3 is 0 Å². The van der Waals surface area contributed by atoms with Crippen molar-refractivity contribution in [1.29, 1.82) is 0 Å². The monoisotopic (exact) mass is 298 g/mol. The number of nitrogens with one attached hydrogen (secondary N) is 1.